The van der Waals surface area contributed by atoms with Gasteiger partial charge >= 0.3 is 0 Å². The predicted octanol–water partition coefficient (Wildman–Crippen LogP) is 2.52. The van der Waals surface area contributed by atoms with E-state index in [4.69, 9.17) is 5.73 Å². The second-order valence-electron chi connectivity index (χ2n) is 7.65. The summed E-state index contributed by atoms with van der Waals surface area (Å²) in [4.78, 5) is 34.5. The maximum absolute atomic E-state index is 13.8. The van der Waals surface area contributed by atoms with Gasteiger partial charge in [0.05, 0.1) is 17.5 Å². The maximum Gasteiger partial charge on any atom is 0.247 e. The van der Waals surface area contributed by atoms with Gasteiger partial charge in [-0.2, -0.15) is 5.26 Å². The zero-order valence-corrected chi connectivity index (χ0v) is 16.4. The van der Waals surface area contributed by atoms with Gasteiger partial charge in [0.1, 0.15) is 17.3 Å². The fourth-order valence-electron chi connectivity index (χ4n) is 5.02. The van der Waals surface area contributed by atoms with E-state index >= 15 is 0 Å². The molecule has 148 valence electrons. The number of carbonyl (C=O) groups excluding carboxylic acids is 2. The van der Waals surface area contributed by atoms with Crippen LogP contribution in [0.4, 0.5) is 11.4 Å². The summed E-state index contributed by atoms with van der Waals surface area (Å²) >= 11 is 0. The summed E-state index contributed by atoms with van der Waals surface area (Å²) in [5, 5.41) is 10.2. The van der Waals surface area contributed by atoms with E-state index in [1.165, 1.54) is 4.90 Å². The fraction of sp³-hybridized carbons (Fsp3) is 0.217. The van der Waals surface area contributed by atoms with Crippen LogP contribution in [0.15, 0.2) is 71.5 Å². The highest BCUT2D eigenvalue weighted by atomic mass is 16.2. The molecule has 1 aromatic heterocycles. The molecule has 2 aliphatic heterocycles. The molecule has 0 bridgehead atoms. The number of benzene rings is 1. The van der Waals surface area contributed by atoms with Gasteiger partial charge < -0.3 is 10.6 Å². The number of fused-ring (bicyclic) bond motifs is 3. The van der Waals surface area contributed by atoms with Crippen LogP contribution in [0, 0.1) is 11.3 Å². The van der Waals surface area contributed by atoms with Crippen molar-refractivity contribution < 1.29 is 9.59 Å². The van der Waals surface area contributed by atoms with Gasteiger partial charge in [-0.25, -0.2) is 0 Å². The number of aromatic nitrogens is 1. The minimum atomic E-state index is -1.50. The molecule has 0 radical (unpaired) electrons. The third kappa shape index (κ3) is 2.05. The minimum Gasteiger partial charge on any atom is -0.384 e. The molecule has 1 aliphatic carbocycles. The minimum absolute atomic E-state index is 0.0853. The Hall–Kier alpha value is -3.92. The first kappa shape index (κ1) is 18.1. The van der Waals surface area contributed by atoms with Gasteiger partial charge in [-0.3, -0.25) is 19.5 Å². The number of anilines is 2. The number of nitrogens with zero attached hydrogens (tertiary/aromatic N) is 4. The Labute approximate surface area is 173 Å². The number of nitrogens with two attached hydrogens (primary N) is 1. The molecule has 1 atom stereocenters. The molecule has 7 nitrogen and oxygen atoms in total. The monoisotopic (exact) mass is 397 g/mol. The number of hydrogen-bond donors (Lipinski definition) is 1. The first-order chi connectivity index (χ1) is 14.5. The van der Waals surface area contributed by atoms with Crippen LogP contribution in [0.2, 0.25) is 0 Å². The van der Waals surface area contributed by atoms with Gasteiger partial charge in [-0.1, -0.05) is 18.2 Å². The molecule has 3 heterocycles. The van der Waals surface area contributed by atoms with Crippen molar-refractivity contribution in [3.63, 3.8) is 0 Å². The first-order valence-corrected chi connectivity index (χ1v) is 9.78. The number of carbonyl (C=O) groups is 2. The summed E-state index contributed by atoms with van der Waals surface area (Å²) < 4.78 is 0. The second-order valence-corrected chi connectivity index (χ2v) is 7.65. The summed E-state index contributed by atoms with van der Waals surface area (Å²) in [7, 11) is 1.67. The molecule has 7 heteroatoms. The number of hydrogen-bond acceptors (Lipinski definition) is 6. The molecule has 2 aromatic rings. The van der Waals surface area contributed by atoms with Gasteiger partial charge in [0.25, 0.3) is 0 Å². The lowest BCUT2D eigenvalue weighted by molar-refractivity contribution is -0.124. The van der Waals surface area contributed by atoms with Crippen molar-refractivity contribution in [2.24, 2.45) is 5.73 Å². The van der Waals surface area contributed by atoms with Crippen LogP contribution in [-0.2, 0) is 15.0 Å². The van der Waals surface area contributed by atoms with E-state index in [9.17, 15) is 14.9 Å². The van der Waals surface area contributed by atoms with Gasteiger partial charge in [-0.05, 0) is 31.0 Å². The highest BCUT2D eigenvalue weighted by Gasteiger charge is 2.61. The van der Waals surface area contributed by atoms with Crippen LogP contribution in [0.1, 0.15) is 24.8 Å². The number of amides is 1. The molecule has 1 spiro atoms. The summed E-state index contributed by atoms with van der Waals surface area (Å²) in [6.07, 6.45) is 4.86. The van der Waals surface area contributed by atoms with Crippen molar-refractivity contribution in [3.8, 4) is 6.07 Å². The van der Waals surface area contributed by atoms with Crippen LogP contribution in [0.3, 0.4) is 0 Å². The van der Waals surface area contributed by atoms with Crippen molar-refractivity contribution in [3.05, 3.63) is 77.0 Å². The summed E-state index contributed by atoms with van der Waals surface area (Å²) in [6, 6.07) is 13.1. The number of likely N-dealkylation sites (N-methyl/N-ethyl adjacent to an activating group) is 1. The predicted molar refractivity (Wildman–Crippen MR) is 111 cm³/mol. The quantitative estimate of drug-likeness (QED) is 0.793. The highest BCUT2D eigenvalue weighted by Crippen LogP contribution is 2.56. The fourth-order valence-corrected chi connectivity index (χ4v) is 5.02. The van der Waals surface area contributed by atoms with E-state index in [0.717, 1.165) is 0 Å². The topological polar surface area (TPSA) is 103 Å². The van der Waals surface area contributed by atoms with E-state index in [0.29, 0.717) is 47.5 Å². The van der Waals surface area contributed by atoms with E-state index < -0.39 is 5.41 Å². The zero-order valence-electron chi connectivity index (χ0n) is 16.4. The summed E-state index contributed by atoms with van der Waals surface area (Å²) in [5.41, 5.74) is 8.17. The SMILES string of the molecule is CN1C(=O)[C@@]2(C(C#N)=C(N)N(c3cccnc3)C3=C2C(=O)CCC3)c2ccccc21. The number of rotatable bonds is 1. The van der Waals surface area contributed by atoms with Crippen LogP contribution < -0.4 is 15.5 Å². The normalized spacial score (nSPS) is 23.1. The summed E-state index contributed by atoms with van der Waals surface area (Å²) in [6.45, 7) is 0. The van der Waals surface area contributed by atoms with Crippen LogP contribution in [0.5, 0.6) is 0 Å². The van der Waals surface area contributed by atoms with Crippen LogP contribution in [0.25, 0.3) is 0 Å². The number of para-hydroxylation sites is 1. The number of ketones is 1. The molecule has 0 saturated carbocycles. The van der Waals surface area contributed by atoms with E-state index in [-0.39, 0.29) is 23.1 Å². The Morgan fingerprint density at radius 1 is 1.17 bits per heavy atom. The van der Waals surface area contributed by atoms with Crippen molar-refractivity contribution in [1.29, 1.82) is 5.26 Å². The van der Waals surface area contributed by atoms with Crippen molar-refractivity contribution in [2.75, 3.05) is 16.8 Å². The Bertz CT molecular complexity index is 1210. The third-order valence-corrected chi connectivity index (χ3v) is 6.21. The molecule has 5 rings (SSSR count). The van der Waals surface area contributed by atoms with Gasteiger partial charge in [-0.15, -0.1) is 0 Å². The second kappa shape index (κ2) is 6.29. The van der Waals surface area contributed by atoms with Gasteiger partial charge in [0, 0.05) is 42.2 Å². The van der Waals surface area contributed by atoms with E-state index in [2.05, 4.69) is 11.1 Å². The van der Waals surface area contributed by atoms with Crippen molar-refractivity contribution in [2.45, 2.75) is 24.7 Å². The Balaban J connectivity index is 1.91. The molecular weight excluding hydrogens is 378 g/mol. The molecule has 30 heavy (non-hydrogen) atoms. The van der Waals surface area contributed by atoms with E-state index in [1.54, 1.807) is 30.4 Å². The van der Waals surface area contributed by atoms with Crippen molar-refractivity contribution in [1.82, 2.24) is 4.98 Å². The number of Topliss-reactive ketones (excluding diaryl/α,β-unsaturated/α-hetero) is 1. The Morgan fingerprint density at radius 3 is 2.70 bits per heavy atom. The standard InChI is InChI=1S/C23H19N5O2/c1-27-17-8-3-2-7-15(17)23(22(27)30)16(12-24)21(25)28(14-6-5-11-26-13-14)18-9-4-10-19(29)20(18)23/h2-3,5-8,11,13H,4,9-10,25H2,1H3/t23-/m1/s1. The molecule has 0 fully saturated rings. The molecular formula is C23H19N5O2. The lowest BCUT2D eigenvalue weighted by atomic mass is 9.64. The van der Waals surface area contributed by atoms with Gasteiger partial charge in [0.2, 0.25) is 5.91 Å². The first-order valence-electron chi connectivity index (χ1n) is 9.78. The molecule has 1 aromatic carbocycles. The average molecular weight is 397 g/mol. The number of nitriles is 1. The molecule has 2 N–H and O–H groups in total. The molecule has 3 aliphatic rings. The molecule has 0 saturated heterocycles. The number of allylic oxidation sites excluding steroid dienone is 1. The Morgan fingerprint density at radius 2 is 1.97 bits per heavy atom. The summed E-state index contributed by atoms with van der Waals surface area (Å²) in [5.74, 6) is -0.280. The highest BCUT2D eigenvalue weighted by molar-refractivity contribution is 6.20. The molecule has 0 unspecified atom stereocenters. The average Bonchev–Trinajstić information content (AvgIpc) is 2.98. The largest absolute Gasteiger partial charge is 0.384 e. The van der Waals surface area contributed by atoms with Crippen molar-refractivity contribution >= 4 is 23.1 Å². The Kier molecular flexibility index (Phi) is 3.80. The maximum atomic E-state index is 13.8. The number of pyridine rings is 1. The lowest BCUT2D eigenvalue weighted by Gasteiger charge is -2.43. The van der Waals surface area contributed by atoms with E-state index in [1.807, 2.05) is 30.3 Å². The third-order valence-electron chi connectivity index (χ3n) is 6.21. The van der Waals surface area contributed by atoms with Gasteiger partial charge in [0.15, 0.2) is 5.78 Å². The van der Waals surface area contributed by atoms with Crippen LogP contribution >= 0.6 is 0 Å². The molecule has 1 amide bonds. The lowest BCUT2D eigenvalue weighted by Crippen LogP contribution is -2.52. The zero-order chi connectivity index (χ0) is 21.0. The smallest absolute Gasteiger partial charge is 0.247 e. The van der Waals surface area contributed by atoms with Crippen LogP contribution in [-0.4, -0.2) is 23.7 Å².